The Kier molecular flexibility index (Phi) is 5.06. The second kappa shape index (κ2) is 9.29. The highest BCUT2D eigenvalue weighted by molar-refractivity contribution is 6.26. The first kappa shape index (κ1) is 24.5. The summed E-state index contributed by atoms with van der Waals surface area (Å²) in [6, 6.07) is 57.4. The van der Waals surface area contributed by atoms with E-state index >= 15 is 0 Å². The third-order valence-corrected chi connectivity index (χ3v) is 9.62. The summed E-state index contributed by atoms with van der Waals surface area (Å²) >= 11 is 0. The zero-order chi connectivity index (χ0) is 29.5. The molecule has 0 atom stereocenters. The number of hydrogen-bond acceptors (Lipinski definition) is 1. The zero-order valence-corrected chi connectivity index (χ0v) is 24.4. The van der Waals surface area contributed by atoms with Crippen LogP contribution in [0.4, 0.5) is 0 Å². The van der Waals surface area contributed by atoms with Crippen LogP contribution in [0.2, 0.25) is 0 Å². The van der Waals surface area contributed by atoms with Gasteiger partial charge in [-0.15, -0.1) is 0 Å². The van der Waals surface area contributed by atoms with Gasteiger partial charge in [0.05, 0.1) is 0 Å². The van der Waals surface area contributed by atoms with Crippen LogP contribution in [0.5, 0.6) is 0 Å². The molecule has 1 aromatic heterocycles. The topological polar surface area (TPSA) is 13.1 Å². The van der Waals surface area contributed by atoms with Gasteiger partial charge in [-0.1, -0.05) is 133 Å². The molecule has 0 saturated carbocycles. The Labute approximate surface area is 259 Å². The molecule has 0 amide bonds. The molecule has 0 bridgehead atoms. The fourth-order valence-corrected chi connectivity index (χ4v) is 7.69. The lowest BCUT2D eigenvalue weighted by atomic mass is 9.83. The van der Waals surface area contributed by atoms with Gasteiger partial charge in [0, 0.05) is 10.8 Å². The van der Waals surface area contributed by atoms with E-state index in [4.69, 9.17) is 4.42 Å². The van der Waals surface area contributed by atoms with Crippen molar-refractivity contribution < 1.29 is 4.42 Å². The van der Waals surface area contributed by atoms with E-state index < -0.39 is 0 Å². The summed E-state index contributed by atoms with van der Waals surface area (Å²) in [6.45, 7) is 0. The highest BCUT2D eigenvalue weighted by atomic mass is 16.3. The minimum Gasteiger partial charge on any atom is -0.456 e. The van der Waals surface area contributed by atoms with Crippen LogP contribution in [0.25, 0.3) is 98.1 Å². The SMILES string of the molecule is c1ccc2c(c1)cc(-c1c3ccccc3c(-c3ccc4oc5ccc6ccccc6c5c4c3)c3ccccc13)c1ccccc12. The van der Waals surface area contributed by atoms with Crippen LogP contribution in [-0.4, -0.2) is 0 Å². The quantitative estimate of drug-likeness (QED) is 0.149. The Hall–Kier alpha value is -5.92. The number of hydrogen-bond donors (Lipinski definition) is 0. The van der Waals surface area contributed by atoms with Crippen molar-refractivity contribution in [3.63, 3.8) is 0 Å². The fourth-order valence-electron chi connectivity index (χ4n) is 7.69. The van der Waals surface area contributed by atoms with Crippen LogP contribution in [0.15, 0.2) is 162 Å². The van der Waals surface area contributed by atoms with Crippen molar-refractivity contribution in [2.75, 3.05) is 0 Å². The monoisotopic (exact) mass is 570 g/mol. The molecule has 0 aliphatic rings. The van der Waals surface area contributed by atoms with Gasteiger partial charge in [0.25, 0.3) is 0 Å². The van der Waals surface area contributed by atoms with Gasteiger partial charge in [-0.05, 0) is 100 Å². The Morgan fingerprint density at radius 3 is 1.56 bits per heavy atom. The van der Waals surface area contributed by atoms with Crippen molar-refractivity contribution in [2.45, 2.75) is 0 Å². The molecule has 10 rings (SSSR count). The molecule has 0 aliphatic heterocycles. The molecule has 10 aromatic rings. The summed E-state index contributed by atoms with van der Waals surface area (Å²) in [4.78, 5) is 0. The highest BCUT2D eigenvalue weighted by Gasteiger charge is 2.20. The van der Waals surface area contributed by atoms with Gasteiger partial charge in [-0.25, -0.2) is 0 Å². The fraction of sp³-hybridized carbons (Fsp3) is 0. The van der Waals surface area contributed by atoms with Crippen molar-refractivity contribution >= 4 is 75.8 Å². The van der Waals surface area contributed by atoms with Gasteiger partial charge in [0.1, 0.15) is 11.2 Å². The lowest BCUT2D eigenvalue weighted by Crippen LogP contribution is -1.92. The second-order valence-electron chi connectivity index (χ2n) is 12.0. The maximum atomic E-state index is 6.38. The number of rotatable bonds is 2. The van der Waals surface area contributed by atoms with Crippen molar-refractivity contribution in [1.29, 1.82) is 0 Å². The van der Waals surface area contributed by atoms with Crippen molar-refractivity contribution in [2.24, 2.45) is 0 Å². The van der Waals surface area contributed by atoms with E-state index in [0.717, 1.165) is 16.6 Å². The standard InChI is InChI=1S/C44H26O/c1-4-14-31-27(11-1)21-24-41-44(31)39-26-29(22-23-40(39)45-41)42-34-17-7-9-19-36(34)43(37-20-10-8-18-35(37)42)38-25-28-12-2-3-13-30(28)32-15-5-6-16-33(32)38/h1-26H. The molecule has 0 unspecified atom stereocenters. The summed E-state index contributed by atoms with van der Waals surface area (Å²) in [6.07, 6.45) is 0. The van der Waals surface area contributed by atoms with Gasteiger partial charge in [-0.3, -0.25) is 0 Å². The molecule has 45 heavy (non-hydrogen) atoms. The first-order chi connectivity index (χ1) is 22.3. The van der Waals surface area contributed by atoms with Crippen molar-refractivity contribution in [1.82, 2.24) is 0 Å². The average Bonchev–Trinajstić information content (AvgIpc) is 3.49. The third-order valence-electron chi connectivity index (χ3n) is 9.62. The molecule has 1 heteroatoms. The first-order valence-electron chi connectivity index (χ1n) is 15.5. The van der Waals surface area contributed by atoms with Gasteiger partial charge >= 0.3 is 0 Å². The van der Waals surface area contributed by atoms with E-state index in [-0.39, 0.29) is 0 Å². The number of fused-ring (bicyclic) bond motifs is 10. The van der Waals surface area contributed by atoms with E-state index in [1.807, 2.05) is 0 Å². The maximum Gasteiger partial charge on any atom is 0.136 e. The number of furan rings is 1. The Bertz CT molecular complexity index is 2760. The molecular weight excluding hydrogens is 544 g/mol. The van der Waals surface area contributed by atoms with E-state index in [2.05, 4.69) is 158 Å². The molecule has 1 nitrogen and oxygen atoms in total. The van der Waals surface area contributed by atoms with E-state index in [1.54, 1.807) is 0 Å². The van der Waals surface area contributed by atoms with Crippen LogP contribution in [-0.2, 0) is 0 Å². The molecule has 0 spiro atoms. The molecule has 1 heterocycles. The molecule has 0 N–H and O–H groups in total. The van der Waals surface area contributed by atoms with E-state index in [9.17, 15) is 0 Å². The predicted octanol–water partition coefficient (Wildman–Crippen LogP) is 12.7. The predicted molar refractivity (Wildman–Crippen MR) is 192 cm³/mol. The second-order valence-corrected chi connectivity index (χ2v) is 12.0. The summed E-state index contributed by atoms with van der Waals surface area (Å²) in [5, 5.41) is 14.9. The smallest absolute Gasteiger partial charge is 0.136 e. The molecule has 208 valence electrons. The van der Waals surface area contributed by atoms with Crippen LogP contribution < -0.4 is 0 Å². The van der Waals surface area contributed by atoms with Crippen LogP contribution in [0.3, 0.4) is 0 Å². The summed E-state index contributed by atoms with van der Waals surface area (Å²) in [5.41, 5.74) is 6.85. The Balaban J connectivity index is 1.34. The molecule has 0 fully saturated rings. The van der Waals surface area contributed by atoms with Crippen molar-refractivity contribution in [3.05, 3.63) is 158 Å². The Morgan fingerprint density at radius 2 is 0.844 bits per heavy atom. The third kappa shape index (κ3) is 3.50. The van der Waals surface area contributed by atoms with Gasteiger partial charge in [-0.2, -0.15) is 0 Å². The summed E-state index contributed by atoms with van der Waals surface area (Å²) in [5.74, 6) is 0. The molecule has 0 saturated heterocycles. The largest absolute Gasteiger partial charge is 0.456 e. The molecule has 0 aliphatic carbocycles. The molecule has 0 radical (unpaired) electrons. The molecular formula is C44H26O. The maximum absolute atomic E-state index is 6.38. The first-order valence-corrected chi connectivity index (χ1v) is 15.5. The highest BCUT2D eigenvalue weighted by Crippen LogP contribution is 2.47. The lowest BCUT2D eigenvalue weighted by molar-refractivity contribution is 0.669. The van der Waals surface area contributed by atoms with Gasteiger partial charge < -0.3 is 4.42 Å². The normalized spacial score (nSPS) is 12.0. The average molecular weight is 571 g/mol. The number of benzene rings is 9. The van der Waals surface area contributed by atoms with Crippen LogP contribution >= 0.6 is 0 Å². The Morgan fingerprint density at radius 1 is 0.311 bits per heavy atom. The lowest BCUT2D eigenvalue weighted by Gasteiger charge is -2.19. The van der Waals surface area contributed by atoms with Gasteiger partial charge in [0.15, 0.2) is 0 Å². The minimum atomic E-state index is 0.915. The molecule has 9 aromatic carbocycles. The van der Waals surface area contributed by atoms with Crippen LogP contribution in [0, 0.1) is 0 Å². The summed E-state index contributed by atoms with van der Waals surface area (Å²) < 4.78 is 6.38. The van der Waals surface area contributed by atoms with Crippen molar-refractivity contribution in [3.8, 4) is 22.3 Å². The minimum absolute atomic E-state index is 0.915. The van der Waals surface area contributed by atoms with E-state index in [1.165, 1.54) is 81.5 Å². The summed E-state index contributed by atoms with van der Waals surface area (Å²) in [7, 11) is 0. The van der Waals surface area contributed by atoms with E-state index in [0.29, 0.717) is 0 Å². The van der Waals surface area contributed by atoms with Crippen LogP contribution in [0.1, 0.15) is 0 Å². The zero-order valence-electron chi connectivity index (χ0n) is 24.4. The van der Waals surface area contributed by atoms with Gasteiger partial charge in [0.2, 0.25) is 0 Å².